The van der Waals surface area contributed by atoms with Crippen molar-refractivity contribution in [3.63, 3.8) is 0 Å². The molecule has 2 rings (SSSR count). The molecule has 0 atom stereocenters. The first-order chi connectivity index (χ1) is 7.24. The lowest BCUT2D eigenvalue weighted by Gasteiger charge is -2.04. The van der Waals surface area contributed by atoms with Crippen molar-refractivity contribution in [1.82, 2.24) is 9.97 Å². The Morgan fingerprint density at radius 1 is 1.13 bits per heavy atom. The fraction of sp³-hybridized carbons (Fsp3) is 0. The van der Waals surface area contributed by atoms with E-state index in [0.717, 1.165) is 9.32 Å². The molecule has 0 unspecified atom stereocenters. The number of rotatable bonds is 2. The first-order valence-corrected chi connectivity index (χ1v) is 5.33. The van der Waals surface area contributed by atoms with E-state index < -0.39 is 0 Å². The van der Waals surface area contributed by atoms with Crippen LogP contribution in [0.3, 0.4) is 0 Å². The van der Waals surface area contributed by atoms with E-state index in [-0.39, 0.29) is 0 Å². The summed E-state index contributed by atoms with van der Waals surface area (Å²) in [4.78, 5) is 7.72. The Balaban J connectivity index is 2.18. The normalized spacial score (nSPS) is 9.93. The molecule has 1 heterocycles. The summed E-state index contributed by atoms with van der Waals surface area (Å²) in [6.07, 6.45) is 1.37. The molecular formula is C10H8IN3O. The van der Waals surface area contributed by atoms with E-state index in [4.69, 9.17) is 10.5 Å². The molecule has 0 radical (unpaired) electrons. The van der Waals surface area contributed by atoms with E-state index in [1.54, 1.807) is 6.07 Å². The smallest absolute Gasteiger partial charge is 0.224 e. The van der Waals surface area contributed by atoms with Gasteiger partial charge >= 0.3 is 0 Å². The summed E-state index contributed by atoms with van der Waals surface area (Å²) in [5, 5.41) is 0. The Hall–Kier alpha value is -1.37. The van der Waals surface area contributed by atoms with E-state index in [0.29, 0.717) is 11.7 Å². The Bertz CT molecular complexity index is 458. The Morgan fingerprint density at radius 2 is 1.87 bits per heavy atom. The number of hydrogen-bond acceptors (Lipinski definition) is 4. The molecule has 76 valence electrons. The molecule has 4 nitrogen and oxygen atoms in total. The molecule has 0 saturated carbocycles. The summed E-state index contributed by atoms with van der Waals surface area (Å²) in [7, 11) is 0. The van der Waals surface area contributed by atoms with Crippen LogP contribution in [-0.2, 0) is 0 Å². The van der Waals surface area contributed by atoms with E-state index in [1.165, 1.54) is 6.33 Å². The minimum absolute atomic E-state index is 0.394. The highest BCUT2D eigenvalue weighted by atomic mass is 127. The van der Waals surface area contributed by atoms with Gasteiger partial charge in [0.25, 0.3) is 0 Å². The average molecular weight is 313 g/mol. The lowest BCUT2D eigenvalue weighted by Crippen LogP contribution is -1.93. The zero-order valence-corrected chi connectivity index (χ0v) is 9.88. The largest absolute Gasteiger partial charge is 0.439 e. The van der Waals surface area contributed by atoms with Crippen molar-refractivity contribution in [3.05, 3.63) is 40.2 Å². The van der Waals surface area contributed by atoms with Crippen LogP contribution in [0.2, 0.25) is 0 Å². The summed E-state index contributed by atoms with van der Waals surface area (Å²) in [6, 6.07) is 9.25. The fourth-order valence-corrected chi connectivity index (χ4v) is 1.39. The van der Waals surface area contributed by atoms with Crippen LogP contribution in [-0.4, -0.2) is 9.97 Å². The van der Waals surface area contributed by atoms with Crippen molar-refractivity contribution >= 4 is 28.4 Å². The highest BCUT2D eigenvalue weighted by Crippen LogP contribution is 2.20. The first kappa shape index (κ1) is 10.2. The van der Waals surface area contributed by atoms with E-state index in [9.17, 15) is 0 Å². The summed E-state index contributed by atoms with van der Waals surface area (Å²) in [6.45, 7) is 0. The maximum atomic E-state index is 5.50. The molecule has 5 heteroatoms. The van der Waals surface area contributed by atoms with Gasteiger partial charge in [0.2, 0.25) is 5.88 Å². The molecule has 2 N–H and O–H groups in total. The highest BCUT2D eigenvalue weighted by Gasteiger charge is 1.99. The SMILES string of the molecule is Nc1cc(Oc2ccc(I)cc2)ncn1. The second-order valence-electron chi connectivity index (χ2n) is 2.84. The number of benzene rings is 1. The molecule has 0 spiro atoms. The number of halogens is 1. The molecule has 0 fully saturated rings. The van der Waals surface area contributed by atoms with Gasteiger partial charge in [-0.2, -0.15) is 0 Å². The highest BCUT2D eigenvalue weighted by molar-refractivity contribution is 14.1. The molecule has 2 aromatic rings. The van der Waals surface area contributed by atoms with Crippen LogP contribution in [0.4, 0.5) is 5.82 Å². The van der Waals surface area contributed by atoms with Gasteiger partial charge in [-0.3, -0.25) is 0 Å². The lowest BCUT2D eigenvalue weighted by atomic mass is 10.3. The molecule has 15 heavy (non-hydrogen) atoms. The minimum atomic E-state index is 0.394. The summed E-state index contributed by atoms with van der Waals surface area (Å²) in [5.74, 6) is 1.57. The monoisotopic (exact) mass is 313 g/mol. The number of hydrogen-bond donors (Lipinski definition) is 1. The number of aromatic nitrogens is 2. The first-order valence-electron chi connectivity index (χ1n) is 4.25. The third-order valence-corrected chi connectivity index (χ3v) is 2.42. The van der Waals surface area contributed by atoms with Crippen LogP contribution in [0.1, 0.15) is 0 Å². The van der Waals surface area contributed by atoms with Crippen LogP contribution < -0.4 is 10.5 Å². The third-order valence-electron chi connectivity index (χ3n) is 1.70. The van der Waals surface area contributed by atoms with Crippen molar-refractivity contribution in [3.8, 4) is 11.6 Å². The summed E-state index contributed by atoms with van der Waals surface area (Å²) in [5.41, 5.74) is 5.50. The van der Waals surface area contributed by atoms with Crippen molar-refractivity contribution in [2.75, 3.05) is 5.73 Å². The van der Waals surface area contributed by atoms with Gasteiger partial charge in [-0.25, -0.2) is 9.97 Å². The number of anilines is 1. The maximum absolute atomic E-state index is 5.50. The van der Waals surface area contributed by atoms with Gasteiger partial charge in [0.15, 0.2) is 0 Å². The fourth-order valence-electron chi connectivity index (χ4n) is 1.03. The van der Waals surface area contributed by atoms with E-state index >= 15 is 0 Å². The third kappa shape index (κ3) is 2.79. The molecule has 1 aromatic heterocycles. The Labute approximate surface area is 101 Å². The minimum Gasteiger partial charge on any atom is -0.439 e. The second kappa shape index (κ2) is 4.43. The predicted molar refractivity (Wildman–Crippen MR) is 65.7 cm³/mol. The molecule has 0 bridgehead atoms. The van der Waals surface area contributed by atoms with Crippen LogP contribution in [0.5, 0.6) is 11.6 Å². The molecule has 0 aliphatic carbocycles. The van der Waals surface area contributed by atoms with Gasteiger partial charge in [-0.15, -0.1) is 0 Å². The second-order valence-corrected chi connectivity index (χ2v) is 4.08. The van der Waals surface area contributed by atoms with Gasteiger partial charge in [-0.05, 0) is 46.9 Å². The van der Waals surface area contributed by atoms with Gasteiger partial charge in [0, 0.05) is 9.64 Å². The molecular weight excluding hydrogens is 305 g/mol. The number of nitrogens with two attached hydrogens (primary N) is 1. The van der Waals surface area contributed by atoms with Crippen molar-refractivity contribution in [2.24, 2.45) is 0 Å². The standard InChI is InChI=1S/C10H8IN3O/c11-7-1-3-8(4-2-7)15-10-5-9(12)13-6-14-10/h1-6H,(H2,12,13,14). The number of nitrogen functional groups attached to an aromatic ring is 1. The van der Waals surface area contributed by atoms with Gasteiger partial charge in [0.1, 0.15) is 17.9 Å². The van der Waals surface area contributed by atoms with Crippen molar-refractivity contribution < 1.29 is 4.74 Å². The van der Waals surface area contributed by atoms with Gasteiger partial charge in [-0.1, -0.05) is 0 Å². The Kier molecular flexibility index (Phi) is 3.00. The molecule has 1 aromatic carbocycles. The zero-order chi connectivity index (χ0) is 10.7. The van der Waals surface area contributed by atoms with Gasteiger partial charge < -0.3 is 10.5 Å². The number of nitrogens with zero attached hydrogens (tertiary/aromatic N) is 2. The van der Waals surface area contributed by atoms with Crippen LogP contribution in [0, 0.1) is 3.57 Å². The number of ether oxygens (including phenoxy) is 1. The maximum Gasteiger partial charge on any atom is 0.224 e. The van der Waals surface area contributed by atoms with Gasteiger partial charge in [0.05, 0.1) is 0 Å². The van der Waals surface area contributed by atoms with Crippen LogP contribution >= 0.6 is 22.6 Å². The van der Waals surface area contributed by atoms with E-state index in [2.05, 4.69) is 32.6 Å². The lowest BCUT2D eigenvalue weighted by molar-refractivity contribution is 0.462. The van der Waals surface area contributed by atoms with Crippen LogP contribution in [0.25, 0.3) is 0 Å². The molecule has 0 aliphatic heterocycles. The average Bonchev–Trinajstić information content (AvgIpc) is 2.22. The van der Waals surface area contributed by atoms with Crippen LogP contribution in [0.15, 0.2) is 36.7 Å². The van der Waals surface area contributed by atoms with E-state index in [1.807, 2.05) is 24.3 Å². The summed E-state index contributed by atoms with van der Waals surface area (Å²) < 4.78 is 6.63. The van der Waals surface area contributed by atoms with Crippen molar-refractivity contribution in [2.45, 2.75) is 0 Å². The molecule has 0 saturated heterocycles. The Morgan fingerprint density at radius 3 is 2.53 bits per heavy atom. The topological polar surface area (TPSA) is 61.0 Å². The predicted octanol–water partition coefficient (Wildman–Crippen LogP) is 2.46. The molecule has 0 aliphatic rings. The quantitative estimate of drug-likeness (QED) is 0.865. The van der Waals surface area contributed by atoms with Crippen molar-refractivity contribution in [1.29, 1.82) is 0 Å². The summed E-state index contributed by atoms with van der Waals surface area (Å²) >= 11 is 2.23. The zero-order valence-electron chi connectivity index (χ0n) is 7.72. The molecule has 0 amide bonds.